The topological polar surface area (TPSA) is 67.2 Å². The van der Waals surface area contributed by atoms with Crippen LogP contribution in [-0.4, -0.2) is 51.1 Å². The first-order valence-electron chi connectivity index (χ1n) is 10.9. The Labute approximate surface area is 193 Å². The van der Waals surface area contributed by atoms with E-state index in [1.54, 1.807) is 6.20 Å². The summed E-state index contributed by atoms with van der Waals surface area (Å²) < 4.78 is 1.82. The minimum atomic E-state index is -0.185. The van der Waals surface area contributed by atoms with Crippen molar-refractivity contribution in [3.8, 4) is 5.69 Å². The summed E-state index contributed by atoms with van der Waals surface area (Å²) in [6.45, 7) is 5.72. The van der Waals surface area contributed by atoms with Gasteiger partial charge in [-0.1, -0.05) is 36.8 Å². The van der Waals surface area contributed by atoms with E-state index in [1.165, 1.54) is 5.56 Å². The molecule has 0 radical (unpaired) electrons. The predicted octanol–water partition coefficient (Wildman–Crippen LogP) is 4.11. The van der Waals surface area contributed by atoms with Gasteiger partial charge in [-0.2, -0.15) is 16.9 Å². The number of nitrogens with zero attached hydrogens (tertiary/aromatic N) is 3. The van der Waals surface area contributed by atoms with E-state index in [0.29, 0.717) is 24.1 Å². The first kappa shape index (κ1) is 22.1. The van der Waals surface area contributed by atoms with E-state index in [2.05, 4.69) is 10.4 Å². The van der Waals surface area contributed by atoms with Crippen molar-refractivity contribution in [1.82, 2.24) is 14.7 Å². The molecule has 1 aromatic heterocycles. The molecule has 1 saturated heterocycles. The van der Waals surface area contributed by atoms with Gasteiger partial charge < -0.3 is 10.2 Å². The quantitative estimate of drug-likeness (QED) is 0.616. The number of thioether (sulfide) groups is 1. The normalized spacial score (nSPS) is 13.8. The predicted molar refractivity (Wildman–Crippen MR) is 130 cm³/mol. The van der Waals surface area contributed by atoms with Crippen LogP contribution in [0.4, 0.5) is 5.69 Å². The van der Waals surface area contributed by atoms with Crippen molar-refractivity contribution in [1.29, 1.82) is 0 Å². The summed E-state index contributed by atoms with van der Waals surface area (Å²) >= 11 is 1.89. The van der Waals surface area contributed by atoms with Crippen molar-refractivity contribution in [3.05, 3.63) is 77.1 Å². The van der Waals surface area contributed by atoms with Crippen LogP contribution in [0.15, 0.2) is 54.7 Å². The number of benzene rings is 2. The molecule has 2 amide bonds. The molecule has 1 N–H and O–H groups in total. The van der Waals surface area contributed by atoms with E-state index in [-0.39, 0.29) is 11.8 Å². The van der Waals surface area contributed by atoms with Crippen LogP contribution in [0.25, 0.3) is 5.69 Å². The summed E-state index contributed by atoms with van der Waals surface area (Å²) in [5.74, 6) is 2.00. The molecule has 166 valence electrons. The van der Waals surface area contributed by atoms with Crippen LogP contribution in [0, 0.1) is 6.92 Å². The molecule has 2 heterocycles. The van der Waals surface area contributed by atoms with Crippen molar-refractivity contribution in [2.24, 2.45) is 0 Å². The Morgan fingerprint density at radius 3 is 2.38 bits per heavy atom. The van der Waals surface area contributed by atoms with Crippen LogP contribution >= 0.6 is 11.8 Å². The highest BCUT2D eigenvalue weighted by Crippen LogP contribution is 2.19. The molecule has 0 unspecified atom stereocenters. The highest BCUT2D eigenvalue weighted by atomic mass is 32.2. The van der Waals surface area contributed by atoms with Gasteiger partial charge in [-0.05, 0) is 43.2 Å². The second-order valence-corrected chi connectivity index (χ2v) is 9.15. The molecule has 4 rings (SSSR count). The first-order chi connectivity index (χ1) is 15.5. The van der Waals surface area contributed by atoms with Gasteiger partial charge in [-0.15, -0.1) is 0 Å². The van der Waals surface area contributed by atoms with Crippen LogP contribution < -0.4 is 5.32 Å². The van der Waals surface area contributed by atoms with E-state index < -0.39 is 0 Å². The van der Waals surface area contributed by atoms with Crippen molar-refractivity contribution < 1.29 is 9.59 Å². The van der Waals surface area contributed by atoms with Crippen molar-refractivity contribution >= 4 is 29.3 Å². The van der Waals surface area contributed by atoms with Crippen LogP contribution in [-0.2, 0) is 17.6 Å². The molecular weight excluding hydrogens is 420 g/mol. The Hall–Kier alpha value is -3.06. The molecule has 3 aromatic rings. The molecule has 0 saturated carbocycles. The SMILES string of the molecule is CCc1c(C(=O)Nc2ccc(CC(=O)N3CCSCC3)cc2)cnn1-c1ccc(C)cc1. The average Bonchev–Trinajstić information content (AvgIpc) is 3.25. The van der Waals surface area contributed by atoms with E-state index in [1.807, 2.05) is 83.7 Å². The molecule has 1 fully saturated rings. The number of hydrogen-bond acceptors (Lipinski definition) is 4. The Morgan fingerprint density at radius 2 is 1.72 bits per heavy atom. The molecule has 6 nitrogen and oxygen atoms in total. The summed E-state index contributed by atoms with van der Waals surface area (Å²) in [5.41, 5.74) is 5.20. The van der Waals surface area contributed by atoms with Gasteiger partial charge in [-0.3, -0.25) is 9.59 Å². The number of carbonyl (C=O) groups is 2. The van der Waals surface area contributed by atoms with Gasteiger partial charge in [0.15, 0.2) is 0 Å². The van der Waals surface area contributed by atoms with Gasteiger partial charge in [0.05, 0.1) is 29.6 Å². The van der Waals surface area contributed by atoms with E-state index in [0.717, 1.165) is 41.5 Å². The summed E-state index contributed by atoms with van der Waals surface area (Å²) in [6.07, 6.45) is 2.70. The van der Waals surface area contributed by atoms with Crippen LogP contribution in [0.1, 0.15) is 34.1 Å². The molecule has 1 aliphatic rings. The number of amides is 2. The molecule has 0 spiro atoms. The maximum absolute atomic E-state index is 12.9. The highest BCUT2D eigenvalue weighted by Gasteiger charge is 2.19. The molecule has 7 heteroatoms. The Kier molecular flexibility index (Phi) is 6.95. The van der Waals surface area contributed by atoms with Gasteiger partial charge in [0.2, 0.25) is 5.91 Å². The zero-order chi connectivity index (χ0) is 22.5. The van der Waals surface area contributed by atoms with Gasteiger partial charge in [0.1, 0.15) is 0 Å². The minimum absolute atomic E-state index is 0.165. The minimum Gasteiger partial charge on any atom is -0.341 e. The highest BCUT2D eigenvalue weighted by molar-refractivity contribution is 7.99. The smallest absolute Gasteiger partial charge is 0.259 e. The van der Waals surface area contributed by atoms with Gasteiger partial charge in [-0.25, -0.2) is 4.68 Å². The van der Waals surface area contributed by atoms with Crippen LogP contribution in [0.3, 0.4) is 0 Å². The van der Waals surface area contributed by atoms with Gasteiger partial charge in [0.25, 0.3) is 5.91 Å². The molecule has 0 bridgehead atoms. The fourth-order valence-electron chi connectivity index (χ4n) is 3.82. The van der Waals surface area contributed by atoms with Crippen molar-refractivity contribution in [2.45, 2.75) is 26.7 Å². The van der Waals surface area contributed by atoms with Gasteiger partial charge in [0, 0.05) is 30.3 Å². The number of hydrogen-bond donors (Lipinski definition) is 1. The second kappa shape index (κ2) is 10.0. The standard InChI is InChI=1S/C25H28N4O2S/c1-3-23-22(17-26-29(23)21-10-4-18(2)5-11-21)25(31)27-20-8-6-19(7-9-20)16-24(30)28-12-14-32-15-13-28/h4-11,17H,3,12-16H2,1-2H3,(H,27,31). The fourth-order valence-corrected chi connectivity index (χ4v) is 4.72. The third-order valence-corrected chi connectivity index (χ3v) is 6.60. The van der Waals surface area contributed by atoms with E-state index in [4.69, 9.17) is 0 Å². The average molecular weight is 449 g/mol. The maximum Gasteiger partial charge on any atom is 0.259 e. The molecule has 2 aromatic carbocycles. The fraction of sp³-hybridized carbons (Fsp3) is 0.320. The lowest BCUT2D eigenvalue weighted by molar-refractivity contribution is -0.130. The zero-order valence-electron chi connectivity index (χ0n) is 18.5. The Balaban J connectivity index is 1.42. The molecule has 1 aliphatic heterocycles. The van der Waals surface area contributed by atoms with E-state index >= 15 is 0 Å². The van der Waals surface area contributed by atoms with Crippen LogP contribution in [0.2, 0.25) is 0 Å². The van der Waals surface area contributed by atoms with E-state index in [9.17, 15) is 9.59 Å². The summed E-state index contributed by atoms with van der Waals surface area (Å²) in [6, 6.07) is 15.6. The van der Waals surface area contributed by atoms with Crippen LogP contribution in [0.5, 0.6) is 0 Å². The lowest BCUT2D eigenvalue weighted by Gasteiger charge is -2.26. The third kappa shape index (κ3) is 5.05. The molecular formula is C25H28N4O2S. The molecule has 0 aliphatic carbocycles. The zero-order valence-corrected chi connectivity index (χ0v) is 19.3. The van der Waals surface area contributed by atoms with Crippen molar-refractivity contribution in [2.75, 3.05) is 29.9 Å². The summed E-state index contributed by atoms with van der Waals surface area (Å²) in [4.78, 5) is 27.3. The lowest BCUT2D eigenvalue weighted by atomic mass is 10.1. The first-order valence-corrected chi connectivity index (χ1v) is 12.1. The Morgan fingerprint density at radius 1 is 1.03 bits per heavy atom. The van der Waals surface area contributed by atoms with Crippen molar-refractivity contribution in [3.63, 3.8) is 0 Å². The lowest BCUT2D eigenvalue weighted by Crippen LogP contribution is -2.38. The Bertz CT molecular complexity index is 1080. The number of carbonyl (C=O) groups excluding carboxylic acids is 2. The number of rotatable bonds is 6. The summed E-state index contributed by atoms with van der Waals surface area (Å²) in [5, 5.41) is 7.41. The number of aromatic nitrogens is 2. The largest absolute Gasteiger partial charge is 0.341 e. The molecule has 32 heavy (non-hydrogen) atoms. The molecule has 0 atom stereocenters. The number of aryl methyl sites for hydroxylation is 1. The maximum atomic E-state index is 12.9. The number of anilines is 1. The monoisotopic (exact) mass is 448 g/mol. The third-order valence-electron chi connectivity index (χ3n) is 5.66. The summed E-state index contributed by atoms with van der Waals surface area (Å²) in [7, 11) is 0. The van der Waals surface area contributed by atoms with Gasteiger partial charge >= 0.3 is 0 Å². The number of nitrogens with one attached hydrogen (secondary N) is 1. The second-order valence-electron chi connectivity index (χ2n) is 7.93.